The Hall–Kier alpha value is -2.10. The Balaban J connectivity index is 4.12. The highest BCUT2D eigenvalue weighted by atomic mass is 16.5. The van der Waals surface area contributed by atoms with Gasteiger partial charge in [-0.1, -0.05) is 165 Å². The van der Waals surface area contributed by atoms with Crippen LogP contribution in [0, 0.1) is 0 Å². The standard InChI is InChI=1S/C43H76O4/c1-3-5-7-9-11-13-15-17-19-21-23-25-27-32-36-40-43(46)47-41(38-34-30-28-31-35-39-42(44)45)37-33-29-26-24-22-20-18-16-14-12-10-8-6-4-2/h5,7,11,13,17,19,23,25,41H,3-4,6,8-10,12,14-16,18,20-22,24,26-40H2,1-2H3,(H,44,45)/b7-5-,13-11-,19-17-,25-23-. The van der Waals surface area contributed by atoms with Crippen LogP contribution in [0.5, 0.6) is 0 Å². The quantitative estimate of drug-likeness (QED) is 0.0414. The third-order valence-corrected chi connectivity index (χ3v) is 8.82. The van der Waals surface area contributed by atoms with E-state index in [1.807, 2.05) is 0 Å². The van der Waals surface area contributed by atoms with E-state index in [0.29, 0.717) is 6.42 Å². The molecule has 0 rings (SSSR count). The second-order valence-corrected chi connectivity index (χ2v) is 13.4. The lowest BCUT2D eigenvalue weighted by atomic mass is 10.0. The highest BCUT2D eigenvalue weighted by Gasteiger charge is 2.14. The monoisotopic (exact) mass is 657 g/mol. The van der Waals surface area contributed by atoms with Crippen molar-refractivity contribution in [1.82, 2.24) is 0 Å². The predicted octanol–water partition coefficient (Wildman–Crippen LogP) is 14.0. The van der Waals surface area contributed by atoms with Crippen LogP contribution in [0.25, 0.3) is 0 Å². The maximum atomic E-state index is 12.7. The molecule has 0 aromatic heterocycles. The largest absolute Gasteiger partial charge is 0.481 e. The minimum Gasteiger partial charge on any atom is -0.481 e. The molecule has 0 saturated heterocycles. The van der Waals surface area contributed by atoms with Gasteiger partial charge in [-0.2, -0.15) is 0 Å². The van der Waals surface area contributed by atoms with Crippen molar-refractivity contribution in [3.05, 3.63) is 48.6 Å². The van der Waals surface area contributed by atoms with Gasteiger partial charge < -0.3 is 9.84 Å². The summed E-state index contributed by atoms with van der Waals surface area (Å²) in [4.78, 5) is 23.4. The van der Waals surface area contributed by atoms with Crippen LogP contribution < -0.4 is 0 Å². The van der Waals surface area contributed by atoms with Crippen molar-refractivity contribution in [3.63, 3.8) is 0 Å². The molecular weight excluding hydrogens is 580 g/mol. The molecule has 0 spiro atoms. The zero-order chi connectivity index (χ0) is 34.3. The van der Waals surface area contributed by atoms with Crippen molar-refractivity contribution in [3.8, 4) is 0 Å². The van der Waals surface area contributed by atoms with Crippen molar-refractivity contribution in [2.75, 3.05) is 0 Å². The number of hydrogen-bond acceptors (Lipinski definition) is 3. The summed E-state index contributed by atoms with van der Waals surface area (Å²) in [6.07, 6.45) is 51.3. The van der Waals surface area contributed by atoms with E-state index in [4.69, 9.17) is 9.84 Å². The van der Waals surface area contributed by atoms with Crippen molar-refractivity contribution < 1.29 is 19.4 Å². The summed E-state index contributed by atoms with van der Waals surface area (Å²) < 4.78 is 5.99. The topological polar surface area (TPSA) is 63.6 Å². The second-order valence-electron chi connectivity index (χ2n) is 13.4. The molecule has 47 heavy (non-hydrogen) atoms. The molecule has 0 heterocycles. The van der Waals surface area contributed by atoms with E-state index in [9.17, 15) is 9.59 Å². The summed E-state index contributed by atoms with van der Waals surface area (Å²) in [6, 6.07) is 0. The molecule has 4 heteroatoms. The first-order chi connectivity index (χ1) is 23.1. The Bertz CT molecular complexity index is 794. The fourth-order valence-electron chi connectivity index (χ4n) is 5.88. The normalized spacial score (nSPS) is 12.7. The number of ether oxygens (including phenoxy) is 1. The molecule has 1 N–H and O–H groups in total. The molecule has 0 aliphatic heterocycles. The van der Waals surface area contributed by atoms with Crippen LogP contribution in [-0.4, -0.2) is 23.1 Å². The van der Waals surface area contributed by atoms with Gasteiger partial charge >= 0.3 is 11.9 Å². The summed E-state index contributed by atoms with van der Waals surface area (Å²) in [5.41, 5.74) is 0. The lowest BCUT2D eigenvalue weighted by molar-refractivity contribution is -0.150. The molecular formula is C43H76O4. The van der Waals surface area contributed by atoms with Gasteiger partial charge in [0.15, 0.2) is 0 Å². The van der Waals surface area contributed by atoms with Gasteiger partial charge in [0.05, 0.1) is 0 Å². The van der Waals surface area contributed by atoms with Crippen LogP contribution in [0.4, 0.5) is 0 Å². The maximum Gasteiger partial charge on any atom is 0.306 e. The number of unbranched alkanes of at least 4 members (excludes halogenated alkanes) is 19. The average molecular weight is 657 g/mol. The van der Waals surface area contributed by atoms with Crippen LogP contribution in [0.15, 0.2) is 48.6 Å². The highest BCUT2D eigenvalue weighted by molar-refractivity contribution is 5.69. The van der Waals surface area contributed by atoms with E-state index in [1.54, 1.807) is 0 Å². The van der Waals surface area contributed by atoms with Crippen molar-refractivity contribution in [2.24, 2.45) is 0 Å². The van der Waals surface area contributed by atoms with Gasteiger partial charge in [0.25, 0.3) is 0 Å². The predicted molar refractivity (Wildman–Crippen MR) is 204 cm³/mol. The molecule has 1 unspecified atom stereocenters. The molecule has 4 nitrogen and oxygen atoms in total. The summed E-state index contributed by atoms with van der Waals surface area (Å²) in [5, 5.41) is 8.82. The number of carbonyl (C=O) groups is 2. The molecule has 272 valence electrons. The van der Waals surface area contributed by atoms with Crippen LogP contribution in [0.2, 0.25) is 0 Å². The lowest BCUT2D eigenvalue weighted by Crippen LogP contribution is -2.18. The Kier molecular flexibility index (Phi) is 36.6. The minimum atomic E-state index is -0.705. The number of hydrogen-bond donors (Lipinski definition) is 1. The van der Waals surface area contributed by atoms with E-state index < -0.39 is 5.97 Å². The van der Waals surface area contributed by atoms with E-state index in [0.717, 1.165) is 96.3 Å². The van der Waals surface area contributed by atoms with Crippen LogP contribution in [-0.2, 0) is 14.3 Å². The Morgan fingerprint density at radius 1 is 0.489 bits per heavy atom. The first-order valence-corrected chi connectivity index (χ1v) is 20.1. The van der Waals surface area contributed by atoms with E-state index >= 15 is 0 Å². The average Bonchev–Trinajstić information content (AvgIpc) is 3.05. The van der Waals surface area contributed by atoms with Crippen molar-refractivity contribution in [1.29, 1.82) is 0 Å². The van der Waals surface area contributed by atoms with E-state index in [-0.39, 0.29) is 18.5 Å². The van der Waals surface area contributed by atoms with E-state index in [2.05, 4.69) is 62.5 Å². The number of carboxylic acids is 1. The number of esters is 1. The zero-order valence-electron chi connectivity index (χ0n) is 31.1. The highest BCUT2D eigenvalue weighted by Crippen LogP contribution is 2.19. The molecule has 0 bridgehead atoms. The molecule has 0 aliphatic rings. The van der Waals surface area contributed by atoms with Crippen LogP contribution >= 0.6 is 0 Å². The molecule has 0 fully saturated rings. The SMILES string of the molecule is CC/C=C\C/C=C\C/C=C\C/C=C\CCCCC(=O)OC(CCCCCCCCCCCCCCCC)CCCCCCCC(=O)O. The Morgan fingerprint density at radius 2 is 0.894 bits per heavy atom. The number of aliphatic carboxylic acids is 1. The Morgan fingerprint density at radius 3 is 1.36 bits per heavy atom. The molecule has 0 aliphatic carbocycles. The number of rotatable bonds is 36. The fraction of sp³-hybridized carbons (Fsp3) is 0.767. The second kappa shape index (κ2) is 38.3. The van der Waals surface area contributed by atoms with Gasteiger partial charge in [-0.25, -0.2) is 0 Å². The van der Waals surface area contributed by atoms with Gasteiger partial charge in [0.1, 0.15) is 6.10 Å². The van der Waals surface area contributed by atoms with Crippen molar-refractivity contribution >= 4 is 11.9 Å². The number of carbonyl (C=O) groups excluding carboxylic acids is 1. The maximum absolute atomic E-state index is 12.7. The third-order valence-electron chi connectivity index (χ3n) is 8.82. The molecule has 0 saturated carbocycles. The first kappa shape index (κ1) is 44.9. The number of carboxylic acid groups (broad SMARTS) is 1. The summed E-state index contributed by atoms with van der Waals surface area (Å²) >= 11 is 0. The van der Waals surface area contributed by atoms with Gasteiger partial charge in [-0.05, 0) is 77.0 Å². The van der Waals surface area contributed by atoms with Crippen molar-refractivity contribution in [2.45, 2.75) is 213 Å². The number of allylic oxidation sites excluding steroid dienone is 8. The molecule has 0 aromatic carbocycles. The molecule has 0 radical (unpaired) electrons. The Labute approximate surface area is 292 Å². The van der Waals surface area contributed by atoms with Gasteiger partial charge in [0.2, 0.25) is 0 Å². The lowest BCUT2D eigenvalue weighted by Gasteiger charge is -2.18. The van der Waals surface area contributed by atoms with Gasteiger partial charge in [-0.15, -0.1) is 0 Å². The zero-order valence-corrected chi connectivity index (χ0v) is 31.1. The van der Waals surface area contributed by atoms with Crippen LogP contribution in [0.3, 0.4) is 0 Å². The first-order valence-electron chi connectivity index (χ1n) is 20.1. The summed E-state index contributed by atoms with van der Waals surface area (Å²) in [7, 11) is 0. The molecule has 1 atom stereocenters. The molecule has 0 aromatic rings. The summed E-state index contributed by atoms with van der Waals surface area (Å²) in [6.45, 7) is 4.44. The van der Waals surface area contributed by atoms with Crippen LogP contribution in [0.1, 0.15) is 206 Å². The third kappa shape index (κ3) is 38.2. The van der Waals surface area contributed by atoms with Gasteiger partial charge in [0, 0.05) is 12.8 Å². The summed E-state index contributed by atoms with van der Waals surface area (Å²) in [5.74, 6) is -0.740. The molecule has 0 amide bonds. The van der Waals surface area contributed by atoms with E-state index in [1.165, 1.54) is 83.5 Å². The smallest absolute Gasteiger partial charge is 0.306 e. The fourth-order valence-corrected chi connectivity index (χ4v) is 5.88. The van der Waals surface area contributed by atoms with Gasteiger partial charge in [-0.3, -0.25) is 9.59 Å². The minimum absolute atomic E-state index is 0.0352.